The first-order chi connectivity index (χ1) is 9.02. The maximum absolute atomic E-state index is 13.2. The van der Waals surface area contributed by atoms with Crippen LogP contribution in [-0.4, -0.2) is 24.1 Å². The van der Waals surface area contributed by atoms with Crippen LogP contribution in [0, 0.1) is 17.6 Å². The molecule has 1 unspecified atom stereocenters. The summed E-state index contributed by atoms with van der Waals surface area (Å²) in [5.41, 5.74) is 0.843. The summed E-state index contributed by atoms with van der Waals surface area (Å²) in [4.78, 5) is 0. The third-order valence-corrected chi connectivity index (χ3v) is 4.27. The largest absolute Gasteiger partial charge is 0.313 e. The van der Waals surface area contributed by atoms with E-state index in [0.717, 1.165) is 30.0 Å². The number of nitrogens with one attached hydrogen (secondary N) is 1. The number of benzene rings is 1. The van der Waals surface area contributed by atoms with Crippen LogP contribution in [0.4, 0.5) is 8.78 Å². The molecule has 0 radical (unpaired) electrons. The van der Waals surface area contributed by atoms with E-state index in [9.17, 15) is 8.78 Å². The monoisotopic (exact) mass is 287 g/mol. The Hall–Kier alpha value is -0.610. The van der Waals surface area contributed by atoms with E-state index >= 15 is 0 Å². The van der Waals surface area contributed by atoms with Crippen molar-refractivity contribution in [3.8, 4) is 0 Å². The molecule has 108 valence electrons. The molecule has 1 nitrogen and oxygen atoms in total. The molecule has 0 amide bonds. The summed E-state index contributed by atoms with van der Waals surface area (Å²) in [5.74, 6) is 1.25. The molecule has 1 aromatic carbocycles. The van der Waals surface area contributed by atoms with Crippen molar-refractivity contribution in [3.63, 3.8) is 0 Å². The van der Waals surface area contributed by atoms with Gasteiger partial charge in [0.25, 0.3) is 0 Å². The molecule has 0 saturated carbocycles. The van der Waals surface area contributed by atoms with Crippen molar-refractivity contribution in [2.75, 3.05) is 18.1 Å². The first kappa shape index (κ1) is 16.4. The van der Waals surface area contributed by atoms with Gasteiger partial charge in [0.2, 0.25) is 0 Å². The molecule has 1 aromatic rings. The predicted octanol–water partition coefficient (Wildman–Crippen LogP) is 3.87. The minimum atomic E-state index is -0.780. The van der Waals surface area contributed by atoms with E-state index in [-0.39, 0.29) is 0 Å². The summed E-state index contributed by atoms with van der Waals surface area (Å²) in [6.45, 7) is 7.34. The van der Waals surface area contributed by atoms with Crippen molar-refractivity contribution in [1.82, 2.24) is 5.32 Å². The van der Waals surface area contributed by atoms with Gasteiger partial charge in [-0.2, -0.15) is 11.8 Å². The predicted molar refractivity (Wildman–Crippen MR) is 79.7 cm³/mol. The van der Waals surface area contributed by atoms with Gasteiger partial charge in [-0.25, -0.2) is 8.78 Å². The molecular weight excluding hydrogens is 264 g/mol. The lowest BCUT2D eigenvalue weighted by Gasteiger charge is -2.18. The molecule has 0 aliphatic carbocycles. The topological polar surface area (TPSA) is 12.0 Å². The first-order valence-corrected chi connectivity index (χ1v) is 7.93. The fourth-order valence-electron chi connectivity index (χ4n) is 1.88. The van der Waals surface area contributed by atoms with Gasteiger partial charge in [-0.3, -0.25) is 0 Å². The molecule has 0 aromatic heterocycles. The summed E-state index contributed by atoms with van der Waals surface area (Å²) >= 11 is 1.91. The van der Waals surface area contributed by atoms with Gasteiger partial charge >= 0.3 is 0 Å². The third-order valence-electron chi connectivity index (χ3n) is 2.73. The lowest BCUT2D eigenvalue weighted by molar-refractivity contribution is 0.504. The average Bonchev–Trinajstić information content (AvgIpc) is 2.33. The Morgan fingerprint density at radius 2 is 1.89 bits per heavy atom. The normalized spacial score (nSPS) is 12.9. The molecule has 0 bridgehead atoms. The molecule has 1 N–H and O–H groups in total. The molecule has 0 spiro atoms. The van der Waals surface area contributed by atoms with Gasteiger partial charge in [0.1, 0.15) is 0 Å². The minimum Gasteiger partial charge on any atom is -0.313 e. The van der Waals surface area contributed by atoms with E-state index in [1.807, 2.05) is 11.8 Å². The summed E-state index contributed by atoms with van der Waals surface area (Å²) < 4.78 is 26.1. The summed E-state index contributed by atoms with van der Waals surface area (Å²) in [7, 11) is 0. The zero-order chi connectivity index (χ0) is 14.3. The molecule has 0 aliphatic rings. The number of rotatable bonds is 8. The minimum absolute atomic E-state index is 0.304. The summed E-state index contributed by atoms with van der Waals surface area (Å²) in [5, 5.41) is 3.40. The molecule has 0 fully saturated rings. The second kappa shape index (κ2) is 8.54. The van der Waals surface area contributed by atoms with E-state index in [2.05, 4.69) is 26.1 Å². The van der Waals surface area contributed by atoms with Crippen molar-refractivity contribution >= 4 is 11.8 Å². The highest BCUT2D eigenvalue weighted by Gasteiger charge is 2.11. The Labute approximate surface area is 119 Å². The lowest BCUT2D eigenvalue weighted by Crippen LogP contribution is -2.33. The quantitative estimate of drug-likeness (QED) is 0.779. The van der Waals surface area contributed by atoms with E-state index in [1.54, 1.807) is 6.07 Å². The third kappa shape index (κ3) is 6.39. The van der Waals surface area contributed by atoms with Crippen molar-refractivity contribution in [1.29, 1.82) is 0 Å². The Balaban J connectivity index is 2.54. The van der Waals surface area contributed by atoms with Crippen LogP contribution in [0.3, 0.4) is 0 Å². The van der Waals surface area contributed by atoms with Gasteiger partial charge in [-0.1, -0.05) is 26.8 Å². The van der Waals surface area contributed by atoms with Crippen LogP contribution in [0.15, 0.2) is 18.2 Å². The molecule has 4 heteroatoms. The highest BCUT2D eigenvalue weighted by atomic mass is 32.2. The maximum atomic E-state index is 13.2. The number of likely N-dealkylation sites (N-methyl/N-ethyl adjacent to an activating group) is 1. The first-order valence-electron chi connectivity index (χ1n) is 6.78. The molecule has 0 aliphatic heterocycles. The summed E-state index contributed by atoms with van der Waals surface area (Å²) in [6.07, 6.45) is 0.732. The standard InChI is InChI=1S/C15H23F2NS/c1-4-18-13(10-19-9-11(2)3)7-12-5-6-14(16)15(17)8-12/h5-6,8,11,13,18H,4,7,9-10H2,1-3H3. The Morgan fingerprint density at radius 1 is 1.16 bits per heavy atom. The van der Waals surface area contributed by atoms with Crippen molar-refractivity contribution in [2.45, 2.75) is 33.2 Å². The van der Waals surface area contributed by atoms with Crippen LogP contribution in [0.5, 0.6) is 0 Å². The molecule has 1 atom stereocenters. The average molecular weight is 287 g/mol. The number of hydrogen-bond acceptors (Lipinski definition) is 2. The van der Waals surface area contributed by atoms with Gasteiger partial charge in [-0.15, -0.1) is 0 Å². The lowest BCUT2D eigenvalue weighted by atomic mass is 10.1. The van der Waals surface area contributed by atoms with Crippen LogP contribution in [-0.2, 0) is 6.42 Å². The zero-order valence-electron chi connectivity index (χ0n) is 11.9. The smallest absolute Gasteiger partial charge is 0.159 e. The SMILES string of the molecule is CCNC(CSCC(C)C)Cc1ccc(F)c(F)c1. The second-order valence-electron chi connectivity index (χ2n) is 5.14. The van der Waals surface area contributed by atoms with E-state index in [1.165, 1.54) is 12.1 Å². The fourth-order valence-corrected chi connectivity index (χ4v) is 3.00. The zero-order valence-corrected chi connectivity index (χ0v) is 12.7. The van der Waals surface area contributed by atoms with Crippen molar-refractivity contribution in [3.05, 3.63) is 35.4 Å². The Kier molecular flexibility index (Phi) is 7.39. The fraction of sp³-hybridized carbons (Fsp3) is 0.600. The van der Waals surface area contributed by atoms with Crippen LogP contribution in [0.1, 0.15) is 26.3 Å². The highest BCUT2D eigenvalue weighted by molar-refractivity contribution is 7.99. The molecular formula is C15H23F2NS. The molecule has 19 heavy (non-hydrogen) atoms. The number of halogens is 2. The van der Waals surface area contributed by atoms with Gasteiger partial charge < -0.3 is 5.32 Å². The number of thioether (sulfide) groups is 1. The van der Waals surface area contributed by atoms with Gasteiger partial charge in [0.15, 0.2) is 11.6 Å². The van der Waals surface area contributed by atoms with Gasteiger partial charge in [0.05, 0.1) is 0 Å². The van der Waals surface area contributed by atoms with Gasteiger partial charge in [0, 0.05) is 11.8 Å². The van der Waals surface area contributed by atoms with Crippen LogP contribution in [0.2, 0.25) is 0 Å². The van der Waals surface area contributed by atoms with E-state index < -0.39 is 11.6 Å². The van der Waals surface area contributed by atoms with Gasteiger partial charge in [-0.05, 0) is 42.3 Å². The van der Waals surface area contributed by atoms with E-state index in [0.29, 0.717) is 12.0 Å². The van der Waals surface area contributed by atoms with Crippen LogP contribution in [0.25, 0.3) is 0 Å². The second-order valence-corrected chi connectivity index (χ2v) is 6.21. The molecule has 0 saturated heterocycles. The number of hydrogen-bond donors (Lipinski definition) is 1. The Bertz CT molecular complexity index is 382. The summed E-state index contributed by atoms with van der Waals surface area (Å²) in [6, 6.07) is 4.47. The maximum Gasteiger partial charge on any atom is 0.159 e. The van der Waals surface area contributed by atoms with E-state index in [4.69, 9.17) is 0 Å². The van der Waals surface area contributed by atoms with Crippen molar-refractivity contribution < 1.29 is 8.78 Å². The van der Waals surface area contributed by atoms with Crippen LogP contribution < -0.4 is 5.32 Å². The highest BCUT2D eigenvalue weighted by Crippen LogP contribution is 2.14. The molecule has 0 heterocycles. The molecule has 1 rings (SSSR count). The van der Waals surface area contributed by atoms with Crippen LogP contribution >= 0.6 is 11.8 Å². The van der Waals surface area contributed by atoms with Crippen molar-refractivity contribution in [2.24, 2.45) is 5.92 Å². The Morgan fingerprint density at radius 3 is 2.47 bits per heavy atom.